The molecule has 0 spiro atoms. The molecule has 188 valence electrons. The van der Waals surface area contributed by atoms with Crippen molar-refractivity contribution >= 4 is 9.84 Å². The largest absolute Gasteiger partial charge is 0.384 e. The predicted octanol–water partition coefficient (Wildman–Crippen LogP) is 6.66. The molecule has 4 rings (SSSR count). The van der Waals surface area contributed by atoms with Crippen LogP contribution in [0.15, 0.2) is 77.8 Å². The maximum absolute atomic E-state index is 12.4. The lowest BCUT2D eigenvalue weighted by Crippen LogP contribution is -2.15. The minimum Gasteiger partial charge on any atom is -0.384 e. The highest BCUT2D eigenvalue weighted by Gasteiger charge is 2.25. The Hall–Kier alpha value is -3.22. The summed E-state index contributed by atoms with van der Waals surface area (Å²) >= 11 is 0. The van der Waals surface area contributed by atoms with E-state index in [-0.39, 0.29) is 5.75 Å². The van der Waals surface area contributed by atoms with Crippen molar-refractivity contribution in [1.29, 1.82) is 0 Å². The van der Waals surface area contributed by atoms with Gasteiger partial charge in [-0.05, 0) is 67.1 Å². The number of aromatic nitrogens is 2. The first-order valence-electron chi connectivity index (χ1n) is 12.3. The van der Waals surface area contributed by atoms with E-state index in [9.17, 15) is 13.5 Å². The SMILES string of the molecule is CCS(=O)(=O)c1cccc(-c2ccc(-c3nc(C(C)(C)O)cn3-c3ccccc3C(C)C)c(C)c2)c1. The van der Waals surface area contributed by atoms with Crippen molar-refractivity contribution in [3.63, 3.8) is 0 Å². The zero-order chi connectivity index (χ0) is 26.3. The second-order valence-corrected chi connectivity index (χ2v) is 12.3. The van der Waals surface area contributed by atoms with Gasteiger partial charge in [0.1, 0.15) is 11.4 Å². The standard InChI is InChI=1S/C30H34N2O3S/c1-7-36(34,35)24-12-10-11-22(18-24)23-15-16-26(21(4)17-23)29-31-28(30(5,6)33)19-32(29)27-14-9-8-13-25(27)20(2)3/h8-20,33H,7H2,1-6H3. The molecule has 0 aliphatic rings. The highest BCUT2D eigenvalue weighted by atomic mass is 32.2. The van der Waals surface area contributed by atoms with Crippen LogP contribution in [-0.2, 0) is 15.4 Å². The Morgan fingerprint density at radius 1 is 0.972 bits per heavy atom. The normalized spacial score (nSPS) is 12.3. The lowest BCUT2D eigenvalue weighted by atomic mass is 9.98. The van der Waals surface area contributed by atoms with Crippen molar-refractivity contribution in [2.24, 2.45) is 0 Å². The number of rotatable bonds is 7. The number of nitrogens with zero attached hydrogens (tertiary/aromatic N) is 2. The van der Waals surface area contributed by atoms with Crippen molar-refractivity contribution in [3.8, 4) is 28.2 Å². The van der Waals surface area contributed by atoms with Gasteiger partial charge >= 0.3 is 0 Å². The van der Waals surface area contributed by atoms with Crippen molar-refractivity contribution in [2.45, 2.75) is 58.0 Å². The Labute approximate surface area is 214 Å². The molecule has 0 saturated carbocycles. The fourth-order valence-electron chi connectivity index (χ4n) is 4.37. The molecule has 0 bridgehead atoms. The summed E-state index contributed by atoms with van der Waals surface area (Å²) < 4.78 is 26.8. The van der Waals surface area contributed by atoms with E-state index < -0.39 is 15.4 Å². The van der Waals surface area contributed by atoms with Gasteiger partial charge in [-0.3, -0.25) is 4.57 Å². The molecular weight excluding hydrogens is 468 g/mol. The molecule has 1 heterocycles. The molecular formula is C30H34N2O3S. The van der Waals surface area contributed by atoms with Crippen LogP contribution in [0, 0.1) is 6.92 Å². The van der Waals surface area contributed by atoms with Gasteiger partial charge in [0.2, 0.25) is 0 Å². The summed E-state index contributed by atoms with van der Waals surface area (Å²) in [5.74, 6) is 1.14. The van der Waals surface area contributed by atoms with Gasteiger partial charge in [-0.25, -0.2) is 13.4 Å². The van der Waals surface area contributed by atoms with Crippen LogP contribution in [0.4, 0.5) is 0 Å². The van der Waals surface area contributed by atoms with Gasteiger partial charge in [-0.15, -0.1) is 0 Å². The van der Waals surface area contributed by atoms with Crippen LogP contribution in [0.3, 0.4) is 0 Å². The third-order valence-corrected chi connectivity index (χ3v) is 8.26. The van der Waals surface area contributed by atoms with Crippen molar-refractivity contribution < 1.29 is 13.5 Å². The molecule has 0 saturated heterocycles. The van der Waals surface area contributed by atoms with E-state index in [1.807, 2.05) is 43.5 Å². The average molecular weight is 503 g/mol. The van der Waals surface area contributed by atoms with Crippen LogP contribution in [0.5, 0.6) is 0 Å². The van der Waals surface area contributed by atoms with Crippen molar-refractivity contribution in [2.75, 3.05) is 5.75 Å². The average Bonchev–Trinajstić information content (AvgIpc) is 3.29. The Morgan fingerprint density at radius 3 is 2.31 bits per heavy atom. The third-order valence-electron chi connectivity index (χ3n) is 6.52. The Balaban J connectivity index is 1.86. The smallest absolute Gasteiger partial charge is 0.178 e. The fraction of sp³-hybridized carbons (Fsp3) is 0.300. The van der Waals surface area contributed by atoms with E-state index in [0.29, 0.717) is 16.5 Å². The number of hydrogen-bond acceptors (Lipinski definition) is 4. The molecule has 3 aromatic carbocycles. The predicted molar refractivity (Wildman–Crippen MR) is 146 cm³/mol. The second-order valence-electron chi connectivity index (χ2n) is 10.1. The minimum absolute atomic E-state index is 0.0679. The van der Waals surface area contributed by atoms with Crippen LogP contribution in [0.2, 0.25) is 0 Å². The summed E-state index contributed by atoms with van der Waals surface area (Å²) in [5.41, 5.74) is 5.48. The summed E-state index contributed by atoms with van der Waals surface area (Å²) in [4.78, 5) is 5.22. The highest BCUT2D eigenvalue weighted by Crippen LogP contribution is 2.34. The van der Waals surface area contributed by atoms with Gasteiger partial charge in [-0.1, -0.05) is 69.3 Å². The summed E-state index contributed by atoms with van der Waals surface area (Å²) in [6.45, 7) is 11.5. The Bertz CT molecular complexity index is 1510. The number of para-hydroxylation sites is 1. The molecule has 0 aliphatic heterocycles. The van der Waals surface area contributed by atoms with Crippen molar-refractivity contribution in [3.05, 3.63) is 89.7 Å². The Kier molecular flexibility index (Phi) is 6.95. The molecule has 5 nitrogen and oxygen atoms in total. The highest BCUT2D eigenvalue weighted by molar-refractivity contribution is 7.91. The number of sulfone groups is 1. The molecule has 36 heavy (non-hydrogen) atoms. The summed E-state index contributed by atoms with van der Waals surface area (Å²) in [6.07, 6.45) is 1.92. The summed E-state index contributed by atoms with van der Waals surface area (Å²) in [7, 11) is -3.29. The van der Waals surface area contributed by atoms with Crippen LogP contribution < -0.4 is 0 Å². The Morgan fingerprint density at radius 2 is 1.67 bits per heavy atom. The first-order chi connectivity index (χ1) is 16.9. The quantitative estimate of drug-likeness (QED) is 0.307. The van der Waals surface area contributed by atoms with Gasteiger partial charge in [0.25, 0.3) is 0 Å². The molecule has 0 unspecified atom stereocenters. The number of hydrogen-bond donors (Lipinski definition) is 1. The fourth-order valence-corrected chi connectivity index (χ4v) is 5.30. The second kappa shape index (κ2) is 9.68. The van der Waals surface area contributed by atoms with Crippen LogP contribution in [-0.4, -0.2) is 28.8 Å². The maximum Gasteiger partial charge on any atom is 0.178 e. The number of imidazole rings is 1. The van der Waals surface area contributed by atoms with E-state index >= 15 is 0 Å². The zero-order valence-corrected chi connectivity index (χ0v) is 22.6. The van der Waals surface area contributed by atoms with Gasteiger partial charge in [0.15, 0.2) is 9.84 Å². The zero-order valence-electron chi connectivity index (χ0n) is 21.8. The molecule has 0 atom stereocenters. The molecule has 1 N–H and O–H groups in total. The van der Waals surface area contributed by atoms with Crippen LogP contribution >= 0.6 is 0 Å². The van der Waals surface area contributed by atoms with Gasteiger partial charge in [0, 0.05) is 11.8 Å². The maximum atomic E-state index is 12.4. The number of aliphatic hydroxyl groups is 1. The third kappa shape index (κ3) is 5.01. The van der Waals surface area contributed by atoms with E-state index in [4.69, 9.17) is 4.98 Å². The van der Waals surface area contributed by atoms with Gasteiger partial charge in [0.05, 0.1) is 22.0 Å². The first-order valence-corrected chi connectivity index (χ1v) is 13.9. The van der Waals surface area contributed by atoms with Gasteiger partial charge in [-0.2, -0.15) is 0 Å². The molecule has 0 radical (unpaired) electrons. The minimum atomic E-state index is -3.29. The summed E-state index contributed by atoms with van der Waals surface area (Å²) in [6, 6.07) is 21.4. The molecule has 0 aliphatic carbocycles. The van der Waals surface area contributed by atoms with Crippen LogP contribution in [0.25, 0.3) is 28.2 Å². The topological polar surface area (TPSA) is 72.2 Å². The molecule has 1 aromatic heterocycles. The molecule has 0 amide bonds. The first kappa shape index (κ1) is 25.9. The lowest BCUT2D eigenvalue weighted by Gasteiger charge is -2.17. The van der Waals surface area contributed by atoms with Crippen molar-refractivity contribution in [1.82, 2.24) is 9.55 Å². The monoisotopic (exact) mass is 502 g/mol. The number of benzene rings is 3. The van der Waals surface area contributed by atoms with E-state index in [2.05, 4.69) is 36.6 Å². The lowest BCUT2D eigenvalue weighted by molar-refractivity contribution is 0.0743. The molecule has 0 fully saturated rings. The van der Waals surface area contributed by atoms with E-state index in [1.165, 1.54) is 5.56 Å². The molecule has 6 heteroatoms. The molecule has 4 aromatic rings. The number of aryl methyl sites for hydroxylation is 1. The van der Waals surface area contributed by atoms with Crippen LogP contribution in [0.1, 0.15) is 57.4 Å². The van der Waals surface area contributed by atoms with E-state index in [1.54, 1.807) is 39.0 Å². The van der Waals surface area contributed by atoms with Gasteiger partial charge < -0.3 is 5.11 Å². The summed E-state index contributed by atoms with van der Waals surface area (Å²) in [5, 5.41) is 10.7. The van der Waals surface area contributed by atoms with E-state index in [0.717, 1.165) is 33.8 Å².